The van der Waals surface area contributed by atoms with Gasteiger partial charge in [-0.15, -0.1) is 0 Å². The second kappa shape index (κ2) is 7.29. The largest absolute Gasteiger partial charge is 0.361 e. The molecule has 0 aliphatic rings. The van der Waals surface area contributed by atoms with Crippen molar-refractivity contribution in [3.63, 3.8) is 0 Å². The van der Waals surface area contributed by atoms with Crippen LogP contribution in [0, 0.1) is 6.92 Å². The third-order valence-electron chi connectivity index (χ3n) is 3.57. The fraction of sp³-hybridized carbons (Fsp3) is 0.389. The van der Waals surface area contributed by atoms with Crippen LogP contribution >= 0.6 is 0 Å². The van der Waals surface area contributed by atoms with Crippen LogP contribution in [0.2, 0.25) is 0 Å². The smallest absolute Gasteiger partial charge is 0.273 e. The minimum absolute atomic E-state index is 0.0543. The molecule has 0 spiro atoms. The van der Waals surface area contributed by atoms with Crippen LogP contribution in [0.25, 0.3) is 0 Å². The third-order valence-corrected chi connectivity index (χ3v) is 3.57. The number of carbonyl (C=O) groups is 2. The van der Waals surface area contributed by atoms with Crippen LogP contribution in [0.4, 0.5) is 0 Å². The Bertz CT molecular complexity index is 712. The summed E-state index contributed by atoms with van der Waals surface area (Å²) < 4.78 is 4.84. The Labute approximate surface area is 141 Å². The molecular weight excluding hydrogens is 306 g/mol. The van der Waals surface area contributed by atoms with Gasteiger partial charge in [0.25, 0.3) is 11.8 Å². The van der Waals surface area contributed by atoms with E-state index in [9.17, 15) is 9.59 Å². The van der Waals surface area contributed by atoms with E-state index in [0.29, 0.717) is 24.4 Å². The molecule has 2 aromatic rings. The van der Waals surface area contributed by atoms with Gasteiger partial charge in [-0.25, -0.2) is 0 Å². The normalized spacial score (nSPS) is 11.2. The molecule has 0 unspecified atom stereocenters. The number of carbonyl (C=O) groups excluding carboxylic acids is 2. The maximum absolute atomic E-state index is 12.1. The number of aromatic nitrogens is 1. The van der Waals surface area contributed by atoms with E-state index in [-0.39, 0.29) is 22.9 Å². The number of hydrogen-bond acceptors (Lipinski definition) is 4. The molecule has 0 saturated heterocycles. The van der Waals surface area contributed by atoms with Gasteiger partial charge in [0, 0.05) is 24.7 Å². The fourth-order valence-electron chi connectivity index (χ4n) is 2.14. The maximum atomic E-state index is 12.1. The van der Waals surface area contributed by atoms with Crippen molar-refractivity contribution in [3.8, 4) is 0 Å². The molecule has 0 aliphatic carbocycles. The van der Waals surface area contributed by atoms with Crippen molar-refractivity contribution in [1.29, 1.82) is 0 Å². The van der Waals surface area contributed by atoms with Gasteiger partial charge in [0.05, 0.1) is 0 Å². The number of hydrogen-bond donors (Lipinski definition) is 2. The van der Waals surface area contributed by atoms with Crippen LogP contribution in [0.3, 0.4) is 0 Å². The minimum atomic E-state index is -0.323. The van der Waals surface area contributed by atoms with Crippen LogP contribution in [0.15, 0.2) is 34.9 Å². The van der Waals surface area contributed by atoms with E-state index in [2.05, 4.69) is 36.6 Å². The van der Waals surface area contributed by atoms with E-state index < -0.39 is 0 Å². The predicted molar refractivity (Wildman–Crippen MR) is 91.0 cm³/mol. The molecule has 1 aromatic heterocycles. The summed E-state index contributed by atoms with van der Waals surface area (Å²) in [5.74, 6) is 0.0878. The van der Waals surface area contributed by atoms with E-state index in [1.54, 1.807) is 13.0 Å². The van der Waals surface area contributed by atoms with Gasteiger partial charge >= 0.3 is 0 Å². The summed E-state index contributed by atoms with van der Waals surface area (Å²) in [7, 11) is 0. The van der Waals surface area contributed by atoms with Gasteiger partial charge in [-0.1, -0.05) is 38.1 Å². The Morgan fingerprint density at radius 3 is 2.12 bits per heavy atom. The highest BCUT2D eigenvalue weighted by atomic mass is 16.5. The first-order valence-electron chi connectivity index (χ1n) is 7.87. The van der Waals surface area contributed by atoms with Crippen molar-refractivity contribution in [2.24, 2.45) is 0 Å². The minimum Gasteiger partial charge on any atom is -0.361 e. The second-order valence-electron chi connectivity index (χ2n) is 6.66. The fourth-order valence-corrected chi connectivity index (χ4v) is 2.14. The van der Waals surface area contributed by atoms with Crippen molar-refractivity contribution in [2.45, 2.75) is 33.1 Å². The monoisotopic (exact) mass is 329 g/mol. The molecule has 128 valence electrons. The number of benzene rings is 1. The van der Waals surface area contributed by atoms with Crippen LogP contribution in [0.5, 0.6) is 0 Å². The average molecular weight is 329 g/mol. The number of aryl methyl sites for hydroxylation is 1. The molecule has 0 radical (unpaired) electrons. The van der Waals surface area contributed by atoms with Crippen LogP contribution < -0.4 is 10.6 Å². The Kier molecular flexibility index (Phi) is 5.39. The molecular formula is C18H23N3O3. The summed E-state index contributed by atoms with van der Waals surface area (Å²) in [5.41, 5.74) is 2.06. The summed E-state index contributed by atoms with van der Waals surface area (Å²) >= 11 is 0. The van der Waals surface area contributed by atoms with Gasteiger partial charge in [0.1, 0.15) is 5.76 Å². The van der Waals surface area contributed by atoms with Crippen molar-refractivity contribution in [2.75, 3.05) is 13.1 Å². The van der Waals surface area contributed by atoms with Crippen LogP contribution in [-0.4, -0.2) is 30.1 Å². The van der Waals surface area contributed by atoms with Gasteiger partial charge < -0.3 is 15.2 Å². The average Bonchev–Trinajstić information content (AvgIpc) is 2.97. The summed E-state index contributed by atoms with van der Waals surface area (Å²) in [5, 5.41) is 9.07. The number of amides is 2. The number of nitrogens with one attached hydrogen (secondary N) is 2. The Hall–Kier alpha value is -2.63. The van der Waals surface area contributed by atoms with Crippen molar-refractivity contribution >= 4 is 11.8 Å². The first-order valence-corrected chi connectivity index (χ1v) is 7.87. The lowest BCUT2D eigenvalue weighted by Crippen LogP contribution is -2.34. The van der Waals surface area contributed by atoms with E-state index in [1.807, 2.05) is 24.3 Å². The summed E-state index contributed by atoms with van der Waals surface area (Å²) in [4.78, 5) is 23.8. The van der Waals surface area contributed by atoms with Gasteiger partial charge in [0.2, 0.25) is 0 Å². The first kappa shape index (κ1) is 17.7. The summed E-state index contributed by atoms with van der Waals surface area (Å²) in [6.45, 7) is 8.75. The molecule has 6 nitrogen and oxygen atoms in total. The zero-order valence-electron chi connectivity index (χ0n) is 14.5. The number of nitrogens with zero attached hydrogens (tertiary/aromatic N) is 1. The highest BCUT2D eigenvalue weighted by molar-refractivity contribution is 5.94. The molecule has 2 amide bonds. The molecule has 1 heterocycles. The predicted octanol–water partition coefficient (Wildman–Crippen LogP) is 2.44. The molecule has 1 aromatic carbocycles. The van der Waals surface area contributed by atoms with Crippen LogP contribution in [0.1, 0.15) is 52.9 Å². The lowest BCUT2D eigenvalue weighted by molar-refractivity contribution is 0.0922. The zero-order chi connectivity index (χ0) is 17.7. The molecule has 0 fully saturated rings. The Morgan fingerprint density at radius 2 is 1.62 bits per heavy atom. The standard InChI is InChI=1S/C18H23N3O3/c1-12-11-15(21-24-12)17(23)20-10-9-19-16(22)13-5-7-14(8-6-13)18(2,3)4/h5-8,11H,9-10H2,1-4H3,(H,19,22)(H,20,23). The molecule has 2 rings (SSSR count). The second-order valence-corrected chi connectivity index (χ2v) is 6.66. The number of rotatable bonds is 5. The molecule has 24 heavy (non-hydrogen) atoms. The van der Waals surface area contributed by atoms with Gasteiger partial charge in [-0.05, 0) is 30.0 Å². The van der Waals surface area contributed by atoms with Gasteiger partial charge in [-0.3, -0.25) is 9.59 Å². The molecule has 0 aliphatic heterocycles. The summed E-state index contributed by atoms with van der Waals surface area (Å²) in [6, 6.07) is 9.11. The van der Waals surface area contributed by atoms with Crippen molar-refractivity contribution in [3.05, 3.63) is 52.9 Å². The zero-order valence-corrected chi connectivity index (χ0v) is 14.5. The third kappa shape index (κ3) is 4.68. The van der Waals surface area contributed by atoms with Crippen LogP contribution in [-0.2, 0) is 5.41 Å². The van der Waals surface area contributed by atoms with E-state index in [0.717, 1.165) is 0 Å². The van der Waals surface area contributed by atoms with Gasteiger partial charge in [0.15, 0.2) is 5.69 Å². The SMILES string of the molecule is Cc1cc(C(=O)NCCNC(=O)c2ccc(C(C)(C)C)cc2)no1. The Balaban J connectivity index is 1.78. The quantitative estimate of drug-likeness (QED) is 0.825. The highest BCUT2D eigenvalue weighted by Gasteiger charge is 2.14. The van der Waals surface area contributed by atoms with E-state index in [1.165, 1.54) is 5.56 Å². The summed E-state index contributed by atoms with van der Waals surface area (Å²) in [6.07, 6.45) is 0. The van der Waals surface area contributed by atoms with E-state index in [4.69, 9.17) is 4.52 Å². The molecule has 2 N–H and O–H groups in total. The van der Waals surface area contributed by atoms with Crippen molar-refractivity contribution < 1.29 is 14.1 Å². The lowest BCUT2D eigenvalue weighted by atomic mass is 9.87. The molecule has 0 saturated carbocycles. The molecule has 0 bridgehead atoms. The van der Waals surface area contributed by atoms with Gasteiger partial charge in [-0.2, -0.15) is 0 Å². The van der Waals surface area contributed by atoms with Crippen molar-refractivity contribution in [1.82, 2.24) is 15.8 Å². The highest BCUT2D eigenvalue weighted by Crippen LogP contribution is 2.22. The van der Waals surface area contributed by atoms with E-state index >= 15 is 0 Å². The lowest BCUT2D eigenvalue weighted by Gasteiger charge is -2.19. The first-order chi connectivity index (χ1) is 11.3. The molecule has 0 atom stereocenters. The molecule has 6 heteroatoms. The Morgan fingerprint density at radius 1 is 1.04 bits per heavy atom. The maximum Gasteiger partial charge on any atom is 0.273 e. The topological polar surface area (TPSA) is 84.2 Å².